The minimum absolute atomic E-state index is 0.262. The molecule has 0 aromatic carbocycles. The van der Waals surface area contributed by atoms with E-state index in [1.54, 1.807) is 0 Å². The van der Waals surface area contributed by atoms with Gasteiger partial charge in [0.15, 0.2) is 7.38 Å². The van der Waals surface area contributed by atoms with Crippen LogP contribution in [-0.2, 0) is 9.31 Å². The monoisotopic (exact) mass is 330 g/mol. The average Bonchev–Trinajstić information content (AvgIpc) is 2.50. The van der Waals surface area contributed by atoms with E-state index in [2.05, 4.69) is 53.7 Å². The Morgan fingerprint density at radius 1 is 1.05 bits per heavy atom. The van der Waals surface area contributed by atoms with Crippen LogP contribution in [0.25, 0.3) is 0 Å². The van der Waals surface area contributed by atoms with Gasteiger partial charge in [-0.25, -0.2) is 0 Å². The Morgan fingerprint density at radius 3 is 2.00 bits per heavy atom. The van der Waals surface area contributed by atoms with Crippen molar-refractivity contribution in [2.24, 2.45) is 0 Å². The smallest absolute Gasteiger partial charge is 0.400 e. The van der Waals surface area contributed by atoms with E-state index in [1.807, 2.05) is 0 Å². The summed E-state index contributed by atoms with van der Waals surface area (Å²) in [6, 6.07) is 0. The Labute approximate surface area is 137 Å². The molecule has 21 heavy (non-hydrogen) atoms. The fraction of sp³-hybridized carbons (Fsp3) is 0.875. The zero-order valence-corrected chi connectivity index (χ0v) is 16.6. The van der Waals surface area contributed by atoms with Gasteiger partial charge in [0.2, 0.25) is 0 Å². The number of halogens is 1. The van der Waals surface area contributed by atoms with Gasteiger partial charge in [-0.3, -0.25) is 0 Å². The molecule has 0 unspecified atom stereocenters. The minimum atomic E-state index is -1.83. The van der Waals surface area contributed by atoms with Crippen molar-refractivity contribution in [2.75, 3.05) is 0 Å². The maximum atomic E-state index is 6.69. The molecule has 1 heterocycles. The van der Waals surface area contributed by atoms with Gasteiger partial charge in [-0.2, -0.15) is 11.1 Å². The van der Waals surface area contributed by atoms with Crippen LogP contribution in [0.2, 0.25) is 13.1 Å². The summed E-state index contributed by atoms with van der Waals surface area (Å²) < 4.78 is 12.2. The molecule has 1 rings (SSSR count). The first-order chi connectivity index (χ1) is 9.49. The molecule has 1 saturated heterocycles. The summed E-state index contributed by atoms with van der Waals surface area (Å²) in [6.07, 6.45) is 6.12. The Balaban J connectivity index is 2.76. The molecule has 0 N–H and O–H groups in total. The SMILES string of the molecule is CCCCCC/C(=C\B1OC(C)(C)C(C)(C)O1)[Si](C)(C)Cl. The van der Waals surface area contributed by atoms with Crippen molar-refractivity contribution >= 4 is 25.6 Å². The van der Waals surface area contributed by atoms with Crippen molar-refractivity contribution < 1.29 is 9.31 Å². The van der Waals surface area contributed by atoms with Gasteiger partial charge >= 0.3 is 7.12 Å². The number of unbranched alkanes of at least 4 members (excludes halogenated alkanes) is 3. The van der Waals surface area contributed by atoms with Gasteiger partial charge in [0.05, 0.1) is 11.2 Å². The quantitative estimate of drug-likeness (QED) is 0.349. The lowest BCUT2D eigenvalue weighted by Crippen LogP contribution is -2.41. The average molecular weight is 331 g/mol. The highest BCUT2D eigenvalue weighted by Gasteiger charge is 2.50. The zero-order valence-electron chi connectivity index (χ0n) is 14.9. The zero-order chi connectivity index (χ0) is 16.3. The third kappa shape index (κ3) is 5.42. The van der Waals surface area contributed by atoms with Crippen molar-refractivity contribution in [3.8, 4) is 0 Å². The van der Waals surface area contributed by atoms with Crippen molar-refractivity contribution in [1.82, 2.24) is 0 Å². The molecular formula is C16H32BClO2Si. The Hall–Kier alpha value is 0.232. The lowest BCUT2D eigenvalue weighted by Gasteiger charge is -2.32. The van der Waals surface area contributed by atoms with Crippen LogP contribution >= 0.6 is 11.1 Å². The van der Waals surface area contributed by atoms with Gasteiger partial charge in [-0.1, -0.05) is 50.5 Å². The molecular weight excluding hydrogens is 299 g/mol. The first-order valence-electron chi connectivity index (χ1n) is 8.25. The van der Waals surface area contributed by atoms with E-state index in [1.165, 1.54) is 30.9 Å². The molecule has 0 aromatic heterocycles. The lowest BCUT2D eigenvalue weighted by molar-refractivity contribution is 0.00578. The molecule has 0 radical (unpaired) electrons. The largest absolute Gasteiger partial charge is 0.486 e. The molecule has 0 amide bonds. The second-order valence-electron chi connectivity index (χ2n) is 7.60. The molecule has 0 saturated carbocycles. The fourth-order valence-corrected chi connectivity index (χ4v) is 4.22. The van der Waals surface area contributed by atoms with Crippen molar-refractivity contribution in [3.63, 3.8) is 0 Å². The Morgan fingerprint density at radius 2 is 1.57 bits per heavy atom. The number of allylic oxidation sites excluding steroid dienone is 1. The molecule has 0 aromatic rings. The number of hydrogen-bond acceptors (Lipinski definition) is 2. The highest BCUT2D eigenvalue weighted by molar-refractivity contribution is 7.23. The fourth-order valence-electron chi connectivity index (χ4n) is 2.44. The summed E-state index contributed by atoms with van der Waals surface area (Å²) in [7, 11) is -2.10. The van der Waals surface area contributed by atoms with Gasteiger partial charge < -0.3 is 9.31 Å². The van der Waals surface area contributed by atoms with Crippen LogP contribution in [-0.4, -0.2) is 25.7 Å². The van der Waals surface area contributed by atoms with Gasteiger partial charge in [0.25, 0.3) is 0 Å². The molecule has 1 aliphatic rings. The summed E-state index contributed by atoms with van der Waals surface area (Å²) >= 11 is 6.69. The predicted octanol–water partition coefficient (Wildman–Crippen LogP) is 5.50. The summed E-state index contributed by atoms with van der Waals surface area (Å²) in [5.74, 6) is 2.15. The van der Waals surface area contributed by atoms with E-state index in [-0.39, 0.29) is 18.3 Å². The van der Waals surface area contributed by atoms with Crippen LogP contribution in [0.1, 0.15) is 66.7 Å². The second-order valence-corrected chi connectivity index (χ2v) is 14.0. The molecule has 1 fully saturated rings. The summed E-state index contributed by atoms with van der Waals surface area (Å²) in [5, 5.41) is 1.36. The van der Waals surface area contributed by atoms with Crippen LogP contribution in [0.4, 0.5) is 0 Å². The summed E-state index contributed by atoms with van der Waals surface area (Å²) in [4.78, 5) is 0. The first kappa shape index (κ1) is 19.3. The molecule has 122 valence electrons. The van der Waals surface area contributed by atoms with E-state index >= 15 is 0 Å². The highest BCUT2D eigenvalue weighted by Crippen LogP contribution is 2.38. The Bertz CT molecular complexity index is 359. The molecule has 0 bridgehead atoms. The van der Waals surface area contributed by atoms with Crippen LogP contribution < -0.4 is 0 Å². The lowest BCUT2D eigenvalue weighted by atomic mass is 9.89. The molecule has 1 aliphatic heterocycles. The van der Waals surface area contributed by atoms with Gasteiger partial charge in [0, 0.05) is 0 Å². The van der Waals surface area contributed by atoms with Crippen LogP contribution in [0, 0.1) is 0 Å². The van der Waals surface area contributed by atoms with E-state index in [0.29, 0.717) is 0 Å². The number of hydrogen-bond donors (Lipinski definition) is 0. The van der Waals surface area contributed by atoms with E-state index in [9.17, 15) is 0 Å². The van der Waals surface area contributed by atoms with Gasteiger partial charge in [-0.05, 0) is 40.5 Å². The molecule has 0 aliphatic carbocycles. The molecule has 2 nitrogen and oxygen atoms in total. The Kier molecular flexibility index (Phi) is 6.61. The second kappa shape index (κ2) is 7.20. The third-order valence-corrected chi connectivity index (χ3v) is 7.34. The topological polar surface area (TPSA) is 18.5 Å². The normalized spacial score (nSPS) is 21.9. The van der Waals surface area contributed by atoms with Crippen LogP contribution in [0.3, 0.4) is 0 Å². The van der Waals surface area contributed by atoms with Crippen molar-refractivity contribution in [2.45, 2.75) is 91.0 Å². The molecule has 0 atom stereocenters. The first-order valence-corrected chi connectivity index (χ1v) is 12.3. The summed E-state index contributed by atoms with van der Waals surface area (Å²) in [6.45, 7) is 15.0. The van der Waals surface area contributed by atoms with Gasteiger partial charge in [0.1, 0.15) is 0 Å². The third-order valence-electron chi connectivity index (χ3n) is 4.67. The van der Waals surface area contributed by atoms with Crippen molar-refractivity contribution in [3.05, 3.63) is 11.2 Å². The van der Waals surface area contributed by atoms with Crippen LogP contribution in [0.5, 0.6) is 0 Å². The van der Waals surface area contributed by atoms with Gasteiger partial charge in [-0.15, -0.1) is 0 Å². The van der Waals surface area contributed by atoms with Crippen LogP contribution in [0.15, 0.2) is 11.2 Å². The molecule has 0 spiro atoms. The maximum absolute atomic E-state index is 6.69. The summed E-state index contributed by atoms with van der Waals surface area (Å²) in [5.41, 5.74) is -0.557. The highest BCUT2D eigenvalue weighted by atomic mass is 35.6. The minimum Gasteiger partial charge on any atom is -0.400 e. The molecule has 5 heteroatoms. The maximum Gasteiger partial charge on any atom is 0.486 e. The standard InChI is InChI=1S/C16H32BClO2Si/c1-8-9-10-11-12-14(21(6,7)18)13-17-19-15(2,3)16(4,5)20-17/h13H,8-12H2,1-7H3/b14-13+. The van der Waals surface area contributed by atoms with E-state index in [4.69, 9.17) is 20.4 Å². The van der Waals surface area contributed by atoms with E-state index in [0.717, 1.165) is 6.42 Å². The number of rotatable bonds is 7. The van der Waals surface area contributed by atoms with Crippen molar-refractivity contribution in [1.29, 1.82) is 0 Å². The predicted molar refractivity (Wildman–Crippen MR) is 96.3 cm³/mol. The van der Waals surface area contributed by atoms with E-state index < -0.39 is 7.38 Å².